The molecule has 0 aromatic rings. The van der Waals surface area contributed by atoms with Gasteiger partial charge in [-0.1, -0.05) is 38.3 Å². The third kappa shape index (κ3) is 13.7. The van der Waals surface area contributed by atoms with E-state index in [9.17, 15) is 8.42 Å². The number of hydrogen-bond donors (Lipinski definition) is 0. The van der Waals surface area contributed by atoms with Crippen LogP contribution in [0.15, 0.2) is 12.2 Å². The minimum absolute atomic E-state index is 0.318. The average Bonchev–Trinajstić information content (AvgIpc) is 2.19. The van der Waals surface area contributed by atoms with Crippen molar-refractivity contribution in [3.63, 3.8) is 0 Å². The van der Waals surface area contributed by atoms with Crippen LogP contribution in [0.3, 0.4) is 0 Å². The molecule has 0 rings (SSSR count). The Kier molecular flexibility index (Phi) is 9.63. The van der Waals surface area contributed by atoms with Gasteiger partial charge in [0.05, 0.1) is 12.9 Å². The second-order valence-corrected chi connectivity index (χ2v) is 5.63. The lowest BCUT2D eigenvalue weighted by molar-refractivity contribution is 0.310. The molecule has 0 aromatic heterocycles. The maximum atomic E-state index is 10.6. The molecule has 0 aliphatic heterocycles. The molecular formula is C12H24O3S. The van der Waals surface area contributed by atoms with E-state index in [1.54, 1.807) is 0 Å². The maximum Gasteiger partial charge on any atom is 0.264 e. The molecule has 16 heavy (non-hydrogen) atoms. The molecule has 4 heteroatoms. The van der Waals surface area contributed by atoms with Gasteiger partial charge in [0.25, 0.3) is 10.1 Å². The molecule has 0 amide bonds. The van der Waals surface area contributed by atoms with E-state index in [0.717, 1.165) is 31.9 Å². The summed E-state index contributed by atoms with van der Waals surface area (Å²) < 4.78 is 25.9. The molecule has 0 fully saturated rings. The molecule has 0 unspecified atom stereocenters. The Morgan fingerprint density at radius 3 is 2.19 bits per heavy atom. The van der Waals surface area contributed by atoms with Crippen molar-refractivity contribution in [1.82, 2.24) is 0 Å². The first kappa shape index (κ1) is 15.7. The molecule has 0 radical (unpaired) electrons. The number of rotatable bonds is 10. The van der Waals surface area contributed by atoms with Gasteiger partial charge in [0, 0.05) is 0 Å². The number of allylic oxidation sites excluding steroid dienone is 2. The second kappa shape index (κ2) is 9.85. The molecule has 0 saturated carbocycles. The van der Waals surface area contributed by atoms with Crippen LogP contribution in [-0.4, -0.2) is 21.3 Å². The first-order valence-electron chi connectivity index (χ1n) is 6.05. The van der Waals surface area contributed by atoms with Gasteiger partial charge in [-0.3, -0.25) is 4.18 Å². The minimum atomic E-state index is -3.25. The first-order chi connectivity index (χ1) is 7.56. The molecule has 0 aliphatic rings. The lowest BCUT2D eigenvalue weighted by atomic mass is 10.1. The molecule has 0 N–H and O–H groups in total. The fourth-order valence-electron chi connectivity index (χ4n) is 1.31. The lowest BCUT2D eigenvalue weighted by Gasteiger charge is -2.00. The summed E-state index contributed by atoms with van der Waals surface area (Å²) in [6.07, 6.45) is 13.2. The van der Waals surface area contributed by atoms with Gasteiger partial charge in [0.1, 0.15) is 0 Å². The molecule has 0 spiro atoms. The summed E-state index contributed by atoms with van der Waals surface area (Å²) >= 11 is 0. The summed E-state index contributed by atoms with van der Waals surface area (Å²) in [4.78, 5) is 0. The van der Waals surface area contributed by atoms with Crippen molar-refractivity contribution in [2.24, 2.45) is 0 Å². The van der Waals surface area contributed by atoms with Crippen LogP contribution in [-0.2, 0) is 14.3 Å². The SMILES string of the molecule is CCCCC=CCCCCCOS(C)(=O)=O. The zero-order valence-electron chi connectivity index (χ0n) is 10.4. The Morgan fingerprint density at radius 1 is 1.00 bits per heavy atom. The monoisotopic (exact) mass is 248 g/mol. The summed E-state index contributed by atoms with van der Waals surface area (Å²) in [5, 5.41) is 0. The summed E-state index contributed by atoms with van der Waals surface area (Å²) in [7, 11) is -3.25. The summed E-state index contributed by atoms with van der Waals surface area (Å²) in [6, 6.07) is 0. The average molecular weight is 248 g/mol. The summed E-state index contributed by atoms with van der Waals surface area (Å²) in [5.74, 6) is 0. The largest absolute Gasteiger partial charge is 0.270 e. The number of hydrogen-bond acceptors (Lipinski definition) is 3. The molecule has 3 nitrogen and oxygen atoms in total. The normalized spacial score (nSPS) is 12.4. The standard InChI is InChI=1S/C12H24O3S/c1-3-4-5-6-7-8-9-10-11-12-15-16(2,13)14/h6-7H,3-5,8-12H2,1-2H3. The second-order valence-electron chi connectivity index (χ2n) is 3.99. The van der Waals surface area contributed by atoms with E-state index in [1.807, 2.05) is 0 Å². The van der Waals surface area contributed by atoms with Crippen molar-refractivity contribution in [3.8, 4) is 0 Å². The highest BCUT2D eigenvalue weighted by atomic mass is 32.2. The van der Waals surface area contributed by atoms with Crippen LogP contribution in [0.5, 0.6) is 0 Å². The van der Waals surface area contributed by atoms with Gasteiger partial charge >= 0.3 is 0 Å². The van der Waals surface area contributed by atoms with Crippen molar-refractivity contribution in [1.29, 1.82) is 0 Å². The van der Waals surface area contributed by atoms with Crippen LogP contribution in [0.25, 0.3) is 0 Å². The highest BCUT2D eigenvalue weighted by Crippen LogP contribution is 2.03. The van der Waals surface area contributed by atoms with Gasteiger partial charge in [-0.05, 0) is 25.7 Å². The van der Waals surface area contributed by atoms with E-state index in [0.29, 0.717) is 6.61 Å². The highest BCUT2D eigenvalue weighted by molar-refractivity contribution is 7.85. The molecule has 0 saturated heterocycles. The van der Waals surface area contributed by atoms with E-state index in [4.69, 9.17) is 0 Å². The van der Waals surface area contributed by atoms with Crippen LogP contribution in [0, 0.1) is 0 Å². The van der Waals surface area contributed by atoms with Crippen molar-refractivity contribution in [2.75, 3.05) is 12.9 Å². The molecule has 96 valence electrons. The van der Waals surface area contributed by atoms with Crippen LogP contribution >= 0.6 is 0 Å². The predicted molar refractivity (Wildman–Crippen MR) is 67.9 cm³/mol. The smallest absolute Gasteiger partial charge is 0.264 e. The zero-order chi connectivity index (χ0) is 12.3. The third-order valence-electron chi connectivity index (χ3n) is 2.20. The van der Waals surface area contributed by atoms with E-state index in [1.165, 1.54) is 19.3 Å². The highest BCUT2D eigenvalue weighted by Gasteiger charge is 1.99. The van der Waals surface area contributed by atoms with Crippen molar-refractivity contribution >= 4 is 10.1 Å². The van der Waals surface area contributed by atoms with Crippen LogP contribution in [0.1, 0.15) is 51.9 Å². The zero-order valence-corrected chi connectivity index (χ0v) is 11.3. The molecule has 0 bridgehead atoms. The van der Waals surface area contributed by atoms with Gasteiger partial charge in [-0.15, -0.1) is 0 Å². The summed E-state index contributed by atoms with van der Waals surface area (Å²) in [5.41, 5.74) is 0. The Labute approximate surface area is 100 Å². The third-order valence-corrected chi connectivity index (χ3v) is 2.80. The van der Waals surface area contributed by atoms with Gasteiger partial charge in [0.2, 0.25) is 0 Å². The molecule has 0 aromatic carbocycles. The summed E-state index contributed by atoms with van der Waals surface area (Å²) in [6.45, 7) is 2.51. The molecule has 0 aliphatic carbocycles. The maximum absolute atomic E-state index is 10.6. The van der Waals surface area contributed by atoms with Crippen LogP contribution < -0.4 is 0 Å². The predicted octanol–water partition coefficient (Wildman–Crippen LogP) is 3.27. The van der Waals surface area contributed by atoms with Crippen molar-refractivity contribution in [2.45, 2.75) is 51.9 Å². The Hall–Kier alpha value is -0.350. The van der Waals surface area contributed by atoms with E-state index in [-0.39, 0.29) is 0 Å². The lowest BCUT2D eigenvalue weighted by Crippen LogP contribution is -2.03. The van der Waals surface area contributed by atoms with E-state index >= 15 is 0 Å². The van der Waals surface area contributed by atoms with Crippen LogP contribution in [0.2, 0.25) is 0 Å². The Morgan fingerprint density at radius 2 is 1.62 bits per heavy atom. The van der Waals surface area contributed by atoms with E-state index in [2.05, 4.69) is 23.3 Å². The first-order valence-corrected chi connectivity index (χ1v) is 7.87. The van der Waals surface area contributed by atoms with Crippen molar-refractivity contribution in [3.05, 3.63) is 12.2 Å². The topological polar surface area (TPSA) is 43.4 Å². The molecular weight excluding hydrogens is 224 g/mol. The van der Waals surface area contributed by atoms with Gasteiger partial charge in [-0.2, -0.15) is 8.42 Å². The minimum Gasteiger partial charge on any atom is -0.270 e. The van der Waals surface area contributed by atoms with Crippen LogP contribution in [0.4, 0.5) is 0 Å². The number of unbranched alkanes of at least 4 members (excludes halogenated alkanes) is 5. The van der Waals surface area contributed by atoms with Crippen molar-refractivity contribution < 1.29 is 12.6 Å². The Balaban J connectivity index is 3.19. The molecule has 0 heterocycles. The quantitative estimate of drug-likeness (QED) is 0.338. The fraction of sp³-hybridized carbons (Fsp3) is 0.833. The molecule has 0 atom stereocenters. The Bertz CT molecular complexity index is 268. The van der Waals surface area contributed by atoms with E-state index < -0.39 is 10.1 Å². The van der Waals surface area contributed by atoms with Gasteiger partial charge < -0.3 is 0 Å². The van der Waals surface area contributed by atoms with Gasteiger partial charge in [0.15, 0.2) is 0 Å². The van der Waals surface area contributed by atoms with Gasteiger partial charge in [-0.25, -0.2) is 0 Å². The fourth-order valence-corrected chi connectivity index (χ4v) is 1.73.